The van der Waals surface area contributed by atoms with Crippen molar-refractivity contribution < 1.29 is 13.9 Å². The monoisotopic (exact) mass is 341 g/mol. The number of rotatable bonds is 5. The Balaban J connectivity index is 1.70. The first-order valence-electron chi connectivity index (χ1n) is 7.53. The lowest BCUT2D eigenvalue weighted by Crippen LogP contribution is -2.20. The van der Waals surface area contributed by atoms with Gasteiger partial charge < -0.3 is 10.1 Å². The van der Waals surface area contributed by atoms with Crippen LogP contribution in [0.1, 0.15) is 5.56 Å². The lowest BCUT2D eigenvalue weighted by molar-refractivity contribution is -0.117. The van der Waals surface area contributed by atoms with E-state index < -0.39 is 0 Å². The van der Waals surface area contributed by atoms with Crippen molar-refractivity contribution in [2.75, 3.05) is 12.4 Å². The Kier molecular flexibility index (Phi) is 4.69. The van der Waals surface area contributed by atoms with Crippen LogP contribution in [-0.4, -0.2) is 33.2 Å². The van der Waals surface area contributed by atoms with Crippen LogP contribution in [0, 0.1) is 12.7 Å². The van der Waals surface area contributed by atoms with Crippen LogP contribution in [0.4, 0.5) is 10.1 Å². The van der Waals surface area contributed by atoms with Crippen molar-refractivity contribution in [2.24, 2.45) is 0 Å². The third kappa shape index (κ3) is 3.97. The number of aryl methyl sites for hydroxylation is 1. The van der Waals surface area contributed by atoms with Crippen LogP contribution in [-0.2, 0) is 11.3 Å². The first-order chi connectivity index (χ1) is 12.0. The van der Waals surface area contributed by atoms with Gasteiger partial charge in [-0.05, 0) is 54.1 Å². The smallest absolute Gasteiger partial charge is 0.248 e. The molecule has 0 fully saturated rings. The predicted octanol–water partition coefficient (Wildman–Crippen LogP) is 2.43. The van der Waals surface area contributed by atoms with Crippen molar-refractivity contribution in [3.8, 4) is 17.1 Å². The number of methoxy groups -OCH3 is 1. The second-order valence-electron chi connectivity index (χ2n) is 5.40. The normalized spacial score (nSPS) is 10.5. The van der Waals surface area contributed by atoms with Crippen LogP contribution in [0.15, 0.2) is 42.5 Å². The van der Waals surface area contributed by atoms with Crippen molar-refractivity contribution in [2.45, 2.75) is 13.5 Å². The number of anilines is 1. The van der Waals surface area contributed by atoms with Gasteiger partial charge in [0.05, 0.1) is 12.8 Å². The molecule has 0 unspecified atom stereocenters. The highest BCUT2D eigenvalue weighted by atomic mass is 19.1. The molecular formula is C17H16FN5O2. The molecule has 2 aromatic carbocycles. The summed E-state index contributed by atoms with van der Waals surface area (Å²) in [6.45, 7) is 1.81. The van der Waals surface area contributed by atoms with Gasteiger partial charge in [0, 0.05) is 5.56 Å². The molecule has 8 heteroatoms. The number of halogens is 1. The van der Waals surface area contributed by atoms with Crippen molar-refractivity contribution in [1.29, 1.82) is 0 Å². The van der Waals surface area contributed by atoms with Crippen LogP contribution in [0.25, 0.3) is 11.4 Å². The van der Waals surface area contributed by atoms with E-state index in [9.17, 15) is 9.18 Å². The Morgan fingerprint density at radius 1 is 1.24 bits per heavy atom. The highest BCUT2D eigenvalue weighted by molar-refractivity contribution is 5.92. The van der Waals surface area contributed by atoms with Crippen LogP contribution < -0.4 is 10.1 Å². The minimum absolute atomic E-state index is 0.106. The van der Waals surface area contributed by atoms with Gasteiger partial charge in [0.1, 0.15) is 18.1 Å². The summed E-state index contributed by atoms with van der Waals surface area (Å²) in [7, 11) is 1.54. The summed E-state index contributed by atoms with van der Waals surface area (Å²) in [5, 5.41) is 14.6. The molecule has 1 N–H and O–H groups in total. The summed E-state index contributed by atoms with van der Waals surface area (Å²) in [5.74, 6) is 0.230. The molecule has 0 radical (unpaired) electrons. The number of nitrogens with one attached hydrogen (secondary N) is 1. The highest BCUT2D eigenvalue weighted by Crippen LogP contribution is 2.25. The molecule has 1 aromatic heterocycles. The van der Waals surface area contributed by atoms with Crippen LogP contribution in [0.3, 0.4) is 0 Å². The molecule has 3 aromatic rings. The lowest BCUT2D eigenvalue weighted by Gasteiger charge is -2.10. The number of tetrazole rings is 1. The Morgan fingerprint density at radius 3 is 2.72 bits per heavy atom. The maximum Gasteiger partial charge on any atom is 0.248 e. The molecule has 0 saturated heterocycles. The second kappa shape index (κ2) is 7.08. The van der Waals surface area contributed by atoms with E-state index in [0.717, 1.165) is 5.56 Å². The van der Waals surface area contributed by atoms with Gasteiger partial charge in [0.25, 0.3) is 0 Å². The molecule has 0 saturated carbocycles. The highest BCUT2D eigenvalue weighted by Gasteiger charge is 2.12. The Labute approximate surface area is 143 Å². The van der Waals surface area contributed by atoms with Gasteiger partial charge in [-0.15, -0.1) is 10.2 Å². The summed E-state index contributed by atoms with van der Waals surface area (Å²) in [6.07, 6.45) is 0. The number of ether oxygens (including phenoxy) is 1. The number of hydrogen-bond acceptors (Lipinski definition) is 5. The fourth-order valence-corrected chi connectivity index (χ4v) is 2.26. The lowest BCUT2D eigenvalue weighted by atomic mass is 10.2. The van der Waals surface area contributed by atoms with E-state index in [1.807, 2.05) is 19.1 Å². The molecule has 0 bridgehead atoms. The largest absolute Gasteiger partial charge is 0.495 e. The minimum atomic E-state index is -0.345. The van der Waals surface area contributed by atoms with Crippen LogP contribution in [0.5, 0.6) is 5.75 Å². The van der Waals surface area contributed by atoms with Crippen molar-refractivity contribution in [3.63, 3.8) is 0 Å². The number of hydrogen-bond donors (Lipinski definition) is 1. The maximum atomic E-state index is 13.0. The Hall–Kier alpha value is -3.29. The molecular weight excluding hydrogens is 325 g/mol. The second-order valence-corrected chi connectivity index (χ2v) is 5.40. The molecule has 1 amide bonds. The predicted molar refractivity (Wildman–Crippen MR) is 89.6 cm³/mol. The topological polar surface area (TPSA) is 81.9 Å². The zero-order chi connectivity index (χ0) is 17.8. The Morgan fingerprint density at radius 2 is 2.00 bits per heavy atom. The molecule has 0 aliphatic rings. The van der Waals surface area contributed by atoms with E-state index in [-0.39, 0.29) is 18.3 Å². The molecule has 0 aliphatic carbocycles. The zero-order valence-corrected chi connectivity index (χ0v) is 13.7. The summed E-state index contributed by atoms with van der Waals surface area (Å²) >= 11 is 0. The summed E-state index contributed by atoms with van der Waals surface area (Å²) in [4.78, 5) is 13.4. The average Bonchev–Trinajstić information content (AvgIpc) is 3.04. The summed E-state index contributed by atoms with van der Waals surface area (Å²) < 4.78 is 18.2. The number of nitrogens with zero attached hydrogens (tertiary/aromatic N) is 4. The quantitative estimate of drug-likeness (QED) is 0.771. The fourth-order valence-electron chi connectivity index (χ4n) is 2.26. The Bertz CT molecular complexity index is 892. The van der Waals surface area contributed by atoms with E-state index in [2.05, 4.69) is 20.7 Å². The first-order valence-corrected chi connectivity index (χ1v) is 7.53. The molecule has 0 atom stereocenters. The molecule has 128 valence electrons. The molecule has 0 aliphatic heterocycles. The van der Waals surface area contributed by atoms with Gasteiger partial charge in [-0.1, -0.05) is 6.07 Å². The molecule has 0 spiro atoms. The average molecular weight is 341 g/mol. The van der Waals surface area contributed by atoms with Gasteiger partial charge in [0.2, 0.25) is 11.7 Å². The number of carbonyl (C=O) groups excluding carboxylic acids is 1. The van der Waals surface area contributed by atoms with E-state index >= 15 is 0 Å². The molecule has 7 nitrogen and oxygen atoms in total. The standard InChI is InChI=1S/C17H16FN5O2/c1-11-3-8-15(25-2)14(9-11)19-16(24)10-23-21-17(20-22-23)12-4-6-13(18)7-5-12/h3-9H,10H2,1-2H3,(H,19,24). The number of carbonyl (C=O) groups is 1. The van der Waals surface area contributed by atoms with Crippen molar-refractivity contribution in [1.82, 2.24) is 20.2 Å². The summed E-state index contributed by atoms with van der Waals surface area (Å²) in [6, 6.07) is 11.2. The SMILES string of the molecule is COc1ccc(C)cc1NC(=O)Cn1nnc(-c2ccc(F)cc2)n1. The van der Waals surface area contributed by atoms with Gasteiger partial charge >= 0.3 is 0 Å². The third-order valence-corrected chi connectivity index (χ3v) is 3.47. The molecule has 3 rings (SSSR count). The van der Waals surface area contributed by atoms with Gasteiger partial charge in [0.15, 0.2) is 0 Å². The van der Waals surface area contributed by atoms with Crippen molar-refractivity contribution >= 4 is 11.6 Å². The van der Waals surface area contributed by atoms with Crippen LogP contribution >= 0.6 is 0 Å². The van der Waals surface area contributed by atoms with E-state index in [0.29, 0.717) is 22.8 Å². The van der Waals surface area contributed by atoms with E-state index in [1.165, 1.54) is 24.0 Å². The fraction of sp³-hybridized carbons (Fsp3) is 0.176. The first kappa shape index (κ1) is 16.6. The van der Waals surface area contributed by atoms with Crippen LogP contribution in [0.2, 0.25) is 0 Å². The molecule has 1 heterocycles. The van der Waals surface area contributed by atoms with E-state index in [4.69, 9.17) is 4.74 Å². The van der Waals surface area contributed by atoms with E-state index in [1.54, 1.807) is 18.2 Å². The van der Waals surface area contributed by atoms with Crippen molar-refractivity contribution in [3.05, 3.63) is 53.8 Å². The maximum absolute atomic E-state index is 13.0. The molecule has 25 heavy (non-hydrogen) atoms. The number of aromatic nitrogens is 4. The third-order valence-electron chi connectivity index (χ3n) is 3.47. The number of benzene rings is 2. The van der Waals surface area contributed by atoms with Gasteiger partial charge in [-0.2, -0.15) is 4.80 Å². The number of amides is 1. The zero-order valence-electron chi connectivity index (χ0n) is 13.7. The minimum Gasteiger partial charge on any atom is -0.495 e. The van der Waals surface area contributed by atoms with Gasteiger partial charge in [-0.25, -0.2) is 4.39 Å². The summed E-state index contributed by atoms with van der Waals surface area (Å²) in [5.41, 5.74) is 2.19. The van der Waals surface area contributed by atoms with Gasteiger partial charge in [-0.3, -0.25) is 4.79 Å².